The number of amides is 2. The van der Waals surface area contributed by atoms with Crippen molar-refractivity contribution in [2.24, 2.45) is 0 Å². The van der Waals surface area contributed by atoms with Crippen molar-refractivity contribution >= 4 is 16.8 Å². The predicted octanol–water partition coefficient (Wildman–Crippen LogP) is 1.23. The van der Waals surface area contributed by atoms with Crippen LogP contribution in [0.15, 0.2) is 0 Å². The van der Waals surface area contributed by atoms with Gasteiger partial charge < -0.3 is 15.3 Å². The third kappa shape index (κ3) is 4.45. The van der Waals surface area contributed by atoms with Crippen molar-refractivity contribution in [2.45, 2.75) is 56.6 Å². The zero-order valence-electron chi connectivity index (χ0n) is 12.3. The molecule has 0 aromatic heterocycles. The van der Waals surface area contributed by atoms with Gasteiger partial charge in [-0.1, -0.05) is 25.7 Å². The molecular formula is C14H26N2O3S. The molecule has 2 aliphatic rings. The van der Waals surface area contributed by atoms with Crippen molar-refractivity contribution in [1.82, 2.24) is 10.2 Å². The molecule has 2 atom stereocenters. The molecule has 1 heterocycles. The molecule has 0 bridgehead atoms. The standard InChI is InChI=1S/C14H26N2O3S/c1-16(11-14(18)7-4-2-3-5-8-14)13(17)15-12-6-9-20(19)10-12/h12,18H,2-11H2,1H3,(H,15,17). The van der Waals surface area contributed by atoms with Gasteiger partial charge >= 0.3 is 6.03 Å². The predicted molar refractivity (Wildman–Crippen MR) is 80.1 cm³/mol. The molecule has 0 radical (unpaired) electrons. The van der Waals surface area contributed by atoms with Crippen molar-refractivity contribution in [2.75, 3.05) is 25.1 Å². The summed E-state index contributed by atoms with van der Waals surface area (Å²) in [5.74, 6) is 1.24. The molecule has 0 spiro atoms. The van der Waals surface area contributed by atoms with E-state index in [2.05, 4.69) is 5.32 Å². The van der Waals surface area contributed by atoms with Crippen LogP contribution in [0.5, 0.6) is 0 Å². The number of hydrogen-bond acceptors (Lipinski definition) is 3. The van der Waals surface area contributed by atoms with Crippen LogP contribution in [0, 0.1) is 0 Å². The Hall–Kier alpha value is -0.620. The second-order valence-corrected chi connectivity index (χ2v) is 7.86. The fraction of sp³-hybridized carbons (Fsp3) is 0.929. The Balaban J connectivity index is 1.82. The highest BCUT2D eigenvalue weighted by Gasteiger charge is 2.31. The summed E-state index contributed by atoms with van der Waals surface area (Å²) in [6, 6.07) is -0.138. The van der Waals surface area contributed by atoms with E-state index >= 15 is 0 Å². The van der Waals surface area contributed by atoms with E-state index < -0.39 is 16.4 Å². The molecule has 2 fully saturated rings. The van der Waals surface area contributed by atoms with Crippen molar-refractivity contribution in [3.8, 4) is 0 Å². The molecule has 20 heavy (non-hydrogen) atoms. The van der Waals surface area contributed by atoms with Crippen LogP contribution in [-0.2, 0) is 10.8 Å². The summed E-state index contributed by atoms with van der Waals surface area (Å²) in [6.07, 6.45) is 6.76. The van der Waals surface area contributed by atoms with Gasteiger partial charge in [-0.15, -0.1) is 0 Å². The summed E-state index contributed by atoms with van der Waals surface area (Å²) >= 11 is 0. The SMILES string of the molecule is CN(CC1(O)CCCCCC1)C(=O)NC1CCS(=O)C1. The van der Waals surface area contributed by atoms with E-state index in [1.165, 1.54) is 12.8 Å². The van der Waals surface area contributed by atoms with Crippen LogP contribution in [0.3, 0.4) is 0 Å². The smallest absolute Gasteiger partial charge is 0.317 e. The topological polar surface area (TPSA) is 69.6 Å². The first kappa shape index (κ1) is 15.8. The molecule has 2 rings (SSSR count). The lowest BCUT2D eigenvalue weighted by atomic mass is 9.94. The molecular weight excluding hydrogens is 276 g/mol. The molecule has 2 unspecified atom stereocenters. The van der Waals surface area contributed by atoms with E-state index in [1.54, 1.807) is 11.9 Å². The molecule has 116 valence electrons. The van der Waals surface area contributed by atoms with Crippen LogP contribution in [0.1, 0.15) is 44.9 Å². The Morgan fingerprint density at radius 3 is 2.55 bits per heavy atom. The molecule has 1 aliphatic heterocycles. The number of rotatable bonds is 3. The third-order valence-electron chi connectivity index (χ3n) is 4.32. The Kier molecular flexibility index (Phi) is 5.43. The first-order valence-electron chi connectivity index (χ1n) is 7.57. The van der Waals surface area contributed by atoms with Gasteiger partial charge in [0.05, 0.1) is 12.1 Å². The second kappa shape index (κ2) is 6.89. The highest BCUT2D eigenvalue weighted by molar-refractivity contribution is 7.85. The van der Waals surface area contributed by atoms with Gasteiger partial charge in [-0.05, 0) is 19.3 Å². The van der Waals surface area contributed by atoms with Crippen LogP contribution in [0.4, 0.5) is 4.79 Å². The highest BCUT2D eigenvalue weighted by atomic mass is 32.2. The van der Waals surface area contributed by atoms with Gasteiger partial charge in [0.25, 0.3) is 0 Å². The van der Waals surface area contributed by atoms with Gasteiger partial charge in [0.15, 0.2) is 0 Å². The van der Waals surface area contributed by atoms with E-state index in [4.69, 9.17) is 0 Å². The first-order chi connectivity index (χ1) is 9.48. The van der Waals surface area contributed by atoms with Crippen molar-refractivity contribution < 1.29 is 14.1 Å². The highest BCUT2D eigenvalue weighted by Crippen LogP contribution is 2.27. The zero-order valence-corrected chi connectivity index (χ0v) is 13.1. The average molecular weight is 302 g/mol. The van der Waals surface area contributed by atoms with Crippen molar-refractivity contribution in [1.29, 1.82) is 0 Å². The van der Waals surface area contributed by atoms with Crippen LogP contribution in [0.25, 0.3) is 0 Å². The first-order valence-corrected chi connectivity index (χ1v) is 9.06. The van der Waals surface area contributed by atoms with Crippen LogP contribution in [0.2, 0.25) is 0 Å². The van der Waals surface area contributed by atoms with Crippen LogP contribution < -0.4 is 5.32 Å². The van der Waals surface area contributed by atoms with E-state index in [-0.39, 0.29) is 12.1 Å². The number of likely N-dealkylation sites (N-methyl/N-ethyl adjacent to an activating group) is 1. The van der Waals surface area contributed by atoms with Crippen LogP contribution in [-0.4, -0.2) is 57.0 Å². The maximum atomic E-state index is 12.1. The lowest BCUT2D eigenvalue weighted by Crippen LogP contribution is -2.49. The minimum Gasteiger partial charge on any atom is -0.388 e. The minimum absolute atomic E-state index is 0.0227. The lowest BCUT2D eigenvalue weighted by molar-refractivity contribution is 0.00446. The monoisotopic (exact) mass is 302 g/mol. The summed E-state index contributed by atoms with van der Waals surface area (Å²) in [4.78, 5) is 13.7. The number of nitrogens with one attached hydrogen (secondary N) is 1. The Morgan fingerprint density at radius 2 is 2.00 bits per heavy atom. The average Bonchev–Trinajstić information content (AvgIpc) is 2.67. The molecule has 0 aromatic rings. The minimum atomic E-state index is -0.782. The van der Waals surface area contributed by atoms with Gasteiger partial charge in [-0.3, -0.25) is 4.21 Å². The normalized spacial score (nSPS) is 29.7. The fourth-order valence-corrected chi connectivity index (χ4v) is 4.53. The summed E-state index contributed by atoms with van der Waals surface area (Å²) in [5, 5.41) is 13.5. The molecule has 1 saturated carbocycles. The molecule has 5 nitrogen and oxygen atoms in total. The van der Waals surface area contributed by atoms with E-state index in [0.29, 0.717) is 18.1 Å². The number of aliphatic hydroxyl groups is 1. The molecule has 2 N–H and O–H groups in total. The largest absolute Gasteiger partial charge is 0.388 e. The third-order valence-corrected chi connectivity index (χ3v) is 5.79. The van der Waals surface area contributed by atoms with Gasteiger partial charge in [-0.25, -0.2) is 4.79 Å². The number of carbonyl (C=O) groups is 1. The van der Waals surface area contributed by atoms with Crippen molar-refractivity contribution in [3.63, 3.8) is 0 Å². The molecule has 0 aromatic carbocycles. The van der Waals surface area contributed by atoms with E-state index in [1.807, 2.05) is 0 Å². The Labute approximate surface area is 123 Å². The quantitative estimate of drug-likeness (QED) is 0.771. The molecule has 2 amide bonds. The van der Waals surface area contributed by atoms with E-state index in [9.17, 15) is 14.1 Å². The van der Waals surface area contributed by atoms with Gasteiger partial charge in [0.2, 0.25) is 0 Å². The maximum Gasteiger partial charge on any atom is 0.317 e. The number of carbonyl (C=O) groups excluding carboxylic acids is 1. The Morgan fingerprint density at radius 1 is 1.35 bits per heavy atom. The summed E-state index contributed by atoms with van der Waals surface area (Å²) < 4.78 is 11.3. The summed E-state index contributed by atoms with van der Waals surface area (Å²) in [6.45, 7) is 0.384. The Bertz CT molecular complexity index is 367. The van der Waals surface area contributed by atoms with Gasteiger partial charge in [0.1, 0.15) is 0 Å². The molecule has 1 aliphatic carbocycles. The fourth-order valence-electron chi connectivity index (χ4n) is 3.12. The van der Waals surface area contributed by atoms with Gasteiger partial charge in [-0.2, -0.15) is 0 Å². The van der Waals surface area contributed by atoms with Crippen LogP contribution >= 0.6 is 0 Å². The van der Waals surface area contributed by atoms with Crippen molar-refractivity contribution in [3.05, 3.63) is 0 Å². The second-order valence-electron chi connectivity index (χ2n) is 6.24. The summed E-state index contributed by atoms with van der Waals surface area (Å²) in [7, 11) is 0.944. The lowest BCUT2D eigenvalue weighted by Gasteiger charge is -2.32. The summed E-state index contributed by atoms with van der Waals surface area (Å²) in [5.41, 5.74) is -0.735. The molecule has 1 saturated heterocycles. The zero-order chi connectivity index (χ0) is 14.6. The number of hydrogen-bond donors (Lipinski definition) is 2. The number of nitrogens with zero attached hydrogens (tertiary/aromatic N) is 1. The molecule has 6 heteroatoms. The number of urea groups is 1. The van der Waals surface area contributed by atoms with E-state index in [0.717, 1.165) is 32.1 Å². The maximum absolute atomic E-state index is 12.1. The van der Waals surface area contributed by atoms with Gasteiger partial charge in [0, 0.05) is 35.4 Å².